The van der Waals surface area contributed by atoms with Gasteiger partial charge in [-0.1, -0.05) is 12.5 Å². The maximum atomic E-state index is 11.2. The number of rotatable bonds is 1. The predicted molar refractivity (Wildman–Crippen MR) is 44.2 cm³/mol. The van der Waals surface area contributed by atoms with E-state index in [4.69, 9.17) is 0 Å². The summed E-state index contributed by atoms with van der Waals surface area (Å²) >= 11 is 0. The minimum absolute atomic E-state index is 0.388. The maximum absolute atomic E-state index is 11.2. The number of allylic oxidation sites excluding steroid dienone is 2. The second-order valence-corrected chi connectivity index (χ2v) is 3.89. The van der Waals surface area contributed by atoms with Crippen LogP contribution in [-0.4, -0.2) is 5.78 Å². The van der Waals surface area contributed by atoms with Gasteiger partial charge in [0, 0.05) is 6.42 Å². The van der Waals surface area contributed by atoms with Gasteiger partial charge >= 0.3 is 0 Å². The largest absolute Gasteiger partial charge is 0.295 e. The first-order chi connectivity index (χ1) is 5.20. The first-order valence-electron chi connectivity index (χ1n) is 4.43. The van der Waals surface area contributed by atoms with Crippen molar-refractivity contribution in [3.8, 4) is 0 Å². The summed E-state index contributed by atoms with van der Waals surface area (Å²) in [6.07, 6.45) is 3.16. The van der Waals surface area contributed by atoms with Gasteiger partial charge in [0.1, 0.15) is 0 Å². The number of hydrogen-bond donors (Lipinski definition) is 0. The zero-order valence-corrected chi connectivity index (χ0v) is 7.18. The molecule has 2 atom stereocenters. The molecular weight excluding hydrogens is 136 g/mol. The Morgan fingerprint density at radius 3 is 2.36 bits per heavy atom. The Morgan fingerprint density at radius 2 is 2.00 bits per heavy atom. The Bertz CT molecular complexity index is 237. The number of hydrogen-bond acceptors (Lipinski definition) is 1. The molecule has 0 heterocycles. The third kappa shape index (κ3) is 1.03. The van der Waals surface area contributed by atoms with Crippen LogP contribution in [0.25, 0.3) is 0 Å². The second kappa shape index (κ2) is 2.20. The molecule has 0 aromatic rings. The first kappa shape index (κ1) is 7.08. The highest BCUT2D eigenvalue weighted by Crippen LogP contribution is 2.48. The van der Waals surface area contributed by atoms with Gasteiger partial charge in [-0.3, -0.25) is 4.79 Å². The van der Waals surface area contributed by atoms with E-state index in [1.54, 1.807) is 0 Å². The maximum Gasteiger partial charge on any atom is 0.158 e. The summed E-state index contributed by atoms with van der Waals surface area (Å²) in [4.78, 5) is 11.2. The van der Waals surface area contributed by atoms with Crippen LogP contribution in [0.4, 0.5) is 0 Å². The van der Waals surface area contributed by atoms with Gasteiger partial charge < -0.3 is 0 Å². The van der Waals surface area contributed by atoms with Crippen LogP contribution in [0.2, 0.25) is 0 Å². The molecule has 2 rings (SSSR count). The average Bonchev–Trinajstić information content (AvgIpc) is 2.58. The molecule has 0 spiro atoms. The van der Waals surface area contributed by atoms with Crippen LogP contribution in [0.1, 0.15) is 33.1 Å². The van der Waals surface area contributed by atoms with Crippen molar-refractivity contribution < 1.29 is 4.79 Å². The molecular formula is C10H14O. The number of carbonyl (C=O) groups is 1. The van der Waals surface area contributed by atoms with Gasteiger partial charge in [0.25, 0.3) is 0 Å². The summed E-state index contributed by atoms with van der Waals surface area (Å²) in [5.41, 5.74) is 2.56. The molecule has 0 unspecified atom stereocenters. The predicted octanol–water partition coefficient (Wildman–Crippen LogP) is 2.32. The molecule has 0 aliphatic heterocycles. The summed E-state index contributed by atoms with van der Waals surface area (Å²) in [5.74, 6) is 2.02. The van der Waals surface area contributed by atoms with Crippen LogP contribution < -0.4 is 0 Å². The standard InChI is InChI=1S/C10H14O/c1-6-5-9(6)8-3-4-10(11)7(8)2/h6,9H,3-5H2,1-2H3/t6-,9+/m0/s1. The van der Waals surface area contributed by atoms with Crippen molar-refractivity contribution in [2.45, 2.75) is 33.1 Å². The fourth-order valence-corrected chi connectivity index (χ4v) is 2.07. The highest BCUT2D eigenvalue weighted by Gasteiger charge is 2.39. The van der Waals surface area contributed by atoms with E-state index in [0.717, 1.165) is 30.3 Å². The summed E-state index contributed by atoms with van der Waals surface area (Å²) in [6, 6.07) is 0. The Balaban J connectivity index is 2.19. The van der Waals surface area contributed by atoms with Crippen molar-refractivity contribution in [1.29, 1.82) is 0 Å². The second-order valence-electron chi connectivity index (χ2n) is 3.89. The van der Waals surface area contributed by atoms with Gasteiger partial charge in [-0.25, -0.2) is 0 Å². The van der Waals surface area contributed by atoms with E-state index < -0.39 is 0 Å². The monoisotopic (exact) mass is 150 g/mol. The topological polar surface area (TPSA) is 17.1 Å². The average molecular weight is 150 g/mol. The molecule has 0 amide bonds. The third-order valence-electron chi connectivity index (χ3n) is 3.08. The molecule has 2 aliphatic rings. The van der Waals surface area contributed by atoms with Crippen LogP contribution in [0.5, 0.6) is 0 Å². The van der Waals surface area contributed by atoms with E-state index in [0.29, 0.717) is 5.78 Å². The molecule has 0 radical (unpaired) electrons. The van der Waals surface area contributed by atoms with E-state index in [1.165, 1.54) is 12.0 Å². The smallest absolute Gasteiger partial charge is 0.158 e. The molecule has 60 valence electrons. The summed E-state index contributed by atoms with van der Waals surface area (Å²) in [6.45, 7) is 4.27. The zero-order chi connectivity index (χ0) is 8.01. The molecule has 1 fully saturated rings. The van der Waals surface area contributed by atoms with E-state index in [1.807, 2.05) is 6.92 Å². The Hall–Kier alpha value is -0.590. The molecule has 1 heteroatoms. The van der Waals surface area contributed by atoms with Crippen LogP contribution in [-0.2, 0) is 4.79 Å². The Morgan fingerprint density at radius 1 is 1.36 bits per heavy atom. The van der Waals surface area contributed by atoms with Crippen molar-refractivity contribution >= 4 is 5.78 Å². The lowest BCUT2D eigenvalue weighted by Crippen LogP contribution is -1.91. The van der Waals surface area contributed by atoms with Gasteiger partial charge in [0.05, 0.1) is 0 Å². The van der Waals surface area contributed by atoms with Gasteiger partial charge in [0.2, 0.25) is 0 Å². The molecule has 0 bridgehead atoms. The van der Waals surface area contributed by atoms with Crippen LogP contribution in [0, 0.1) is 11.8 Å². The molecule has 11 heavy (non-hydrogen) atoms. The van der Waals surface area contributed by atoms with Crippen molar-refractivity contribution in [2.24, 2.45) is 11.8 Å². The van der Waals surface area contributed by atoms with E-state index >= 15 is 0 Å². The summed E-state index contributed by atoms with van der Waals surface area (Å²) in [7, 11) is 0. The van der Waals surface area contributed by atoms with E-state index in [9.17, 15) is 4.79 Å². The Labute approximate surface area is 67.5 Å². The van der Waals surface area contributed by atoms with Gasteiger partial charge in [-0.15, -0.1) is 0 Å². The van der Waals surface area contributed by atoms with Crippen LogP contribution >= 0.6 is 0 Å². The molecule has 0 saturated heterocycles. The van der Waals surface area contributed by atoms with E-state index in [-0.39, 0.29) is 0 Å². The molecule has 2 aliphatic carbocycles. The summed E-state index contributed by atoms with van der Waals surface area (Å²) < 4.78 is 0. The highest BCUT2D eigenvalue weighted by atomic mass is 16.1. The van der Waals surface area contributed by atoms with Crippen molar-refractivity contribution in [3.63, 3.8) is 0 Å². The van der Waals surface area contributed by atoms with E-state index in [2.05, 4.69) is 6.92 Å². The number of ketones is 1. The normalized spacial score (nSPS) is 36.7. The Kier molecular flexibility index (Phi) is 1.41. The number of Topliss-reactive ketones (excluding diaryl/α,β-unsaturated/α-hetero) is 1. The quantitative estimate of drug-likeness (QED) is 0.560. The highest BCUT2D eigenvalue weighted by molar-refractivity contribution is 5.98. The minimum Gasteiger partial charge on any atom is -0.295 e. The third-order valence-corrected chi connectivity index (χ3v) is 3.08. The van der Waals surface area contributed by atoms with Gasteiger partial charge in [-0.2, -0.15) is 0 Å². The molecule has 0 N–H and O–H groups in total. The lowest BCUT2D eigenvalue weighted by Gasteiger charge is -1.98. The zero-order valence-electron chi connectivity index (χ0n) is 7.18. The summed E-state index contributed by atoms with van der Waals surface area (Å²) in [5, 5.41) is 0. The molecule has 0 aromatic heterocycles. The fourth-order valence-electron chi connectivity index (χ4n) is 2.07. The first-order valence-corrected chi connectivity index (χ1v) is 4.43. The minimum atomic E-state index is 0.388. The lowest BCUT2D eigenvalue weighted by molar-refractivity contribution is -0.114. The van der Waals surface area contributed by atoms with Crippen LogP contribution in [0.15, 0.2) is 11.1 Å². The van der Waals surface area contributed by atoms with Crippen LogP contribution in [0.3, 0.4) is 0 Å². The molecule has 1 nitrogen and oxygen atoms in total. The van der Waals surface area contributed by atoms with Gasteiger partial charge in [0.15, 0.2) is 5.78 Å². The number of carbonyl (C=O) groups excluding carboxylic acids is 1. The fraction of sp³-hybridized carbons (Fsp3) is 0.700. The van der Waals surface area contributed by atoms with Gasteiger partial charge in [-0.05, 0) is 37.2 Å². The van der Waals surface area contributed by atoms with Crippen molar-refractivity contribution in [1.82, 2.24) is 0 Å². The molecule has 1 saturated carbocycles. The molecule has 0 aromatic carbocycles. The van der Waals surface area contributed by atoms with Crippen molar-refractivity contribution in [2.75, 3.05) is 0 Å². The SMILES string of the molecule is CC1=C([C@@H]2C[C@@H]2C)CCC1=O. The lowest BCUT2D eigenvalue weighted by atomic mass is 10.1. The van der Waals surface area contributed by atoms with Crippen molar-refractivity contribution in [3.05, 3.63) is 11.1 Å².